The van der Waals surface area contributed by atoms with E-state index < -0.39 is 0 Å². The fourth-order valence-corrected chi connectivity index (χ4v) is 4.64. The zero-order valence-corrected chi connectivity index (χ0v) is 16.4. The van der Waals surface area contributed by atoms with Crippen LogP contribution < -0.4 is 10.4 Å². The number of nitrogens with zero attached hydrogens (tertiary/aromatic N) is 2. The SMILES string of the molecule is CCN1CCC(Oc2ccc3cc(-c4nc5ccccc5s4)c(=O)oc3c2)C1. The van der Waals surface area contributed by atoms with Gasteiger partial charge in [-0.15, -0.1) is 11.3 Å². The molecule has 0 bridgehead atoms. The Bertz CT molecular complexity index is 1180. The van der Waals surface area contributed by atoms with Crippen molar-refractivity contribution in [2.24, 2.45) is 0 Å². The number of hydrogen-bond donors (Lipinski definition) is 0. The number of rotatable bonds is 4. The largest absolute Gasteiger partial charge is 0.489 e. The number of benzene rings is 2. The number of ether oxygens (including phenoxy) is 1. The lowest BCUT2D eigenvalue weighted by atomic mass is 10.2. The summed E-state index contributed by atoms with van der Waals surface area (Å²) in [5.41, 5.74) is 1.56. The predicted octanol–water partition coefficient (Wildman–Crippen LogP) is 4.54. The highest BCUT2D eigenvalue weighted by Gasteiger charge is 2.22. The number of fused-ring (bicyclic) bond motifs is 2. The van der Waals surface area contributed by atoms with Crippen molar-refractivity contribution in [2.45, 2.75) is 19.4 Å². The number of hydrogen-bond acceptors (Lipinski definition) is 6. The molecule has 5 rings (SSSR count). The van der Waals surface area contributed by atoms with Crippen molar-refractivity contribution < 1.29 is 9.15 Å². The normalized spacial score (nSPS) is 17.5. The topological polar surface area (TPSA) is 55.6 Å². The van der Waals surface area contributed by atoms with Crippen molar-refractivity contribution in [3.05, 3.63) is 59.0 Å². The van der Waals surface area contributed by atoms with Crippen LogP contribution in [0.15, 0.2) is 57.7 Å². The molecule has 4 aromatic rings. The third-order valence-electron chi connectivity index (χ3n) is 5.21. The maximum atomic E-state index is 12.6. The Morgan fingerprint density at radius 1 is 1.25 bits per heavy atom. The molecule has 2 aromatic heterocycles. The maximum absolute atomic E-state index is 12.6. The summed E-state index contributed by atoms with van der Waals surface area (Å²) in [6.07, 6.45) is 1.21. The number of para-hydroxylation sites is 1. The second kappa shape index (κ2) is 7.04. The summed E-state index contributed by atoms with van der Waals surface area (Å²) in [7, 11) is 0. The fraction of sp³-hybridized carbons (Fsp3) is 0.273. The van der Waals surface area contributed by atoms with E-state index in [9.17, 15) is 4.79 Å². The van der Waals surface area contributed by atoms with Gasteiger partial charge in [0.05, 0.1) is 15.8 Å². The van der Waals surface area contributed by atoms with Gasteiger partial charge in [0.2, 0.25) is 0 Å². The summed E-state index contributed by atoms with van der Waals surface area (Å²) in [5, 5.41) is 1.55. The van der Waals surface area contributed by atoms with Gasteiger partial charge >= 0.3 is 5.63 Å². The Morgan fingerprint density at radius 3 is 2.96 bits per heavy atom. The monoisotopic (exact) mass is 392 g/mol. The highest BCUT2D eigenvalue weighted by Crippen LogP contribution is 2.31. The predicted molar refractivity (Wildman–Crippen MR) is 112 cm³/mol. The highest BCUT2D eigenvalue weighted by molar-refractivity contribution is 7.21. The third kappa shape index (κ3) is 3.19. The van der Waals surface area contributed by atoms with Crippen LogP contribution in [-0.4, -0.2) is 35.6 Å². The molecular weight excluding hydrogens is 372 g/mol. The summed E-state index contributed by atoms with van der Waals surface area (Å²) in [5.74, 6) is 0.742. The molecule has 1 aliphatic rings. The van der Waals surface area contributed by atoms with Crippen LogP contribution in [0, 0.1) is 0 Å². The molecule has 0 N–H and O–H groups in total. The standard InChI is InChI=1S/C22H20N2O3S/c1-2-24-10-9-16(13-24)26-15-8-7-14-11-17(22(25)27-19(14)12-15)21-23-18-5-3-4-6-20(18)28-21/h3-8,11-12,16H,2,9-10,13H2,1H3. The molecule has 6 heteroatoms. The van der Waals surface area contributed by atoms with E-state index in [2.05, 4.69) is 16.8 Å². The van der Waals surface area contributed by atoms with Crippen molar-refractivity contribution in [1.29, 1.82) is 0 Å². The van der Waals surface area contributed by atoms with Crippen LogP contribution in [-0.2, 0) is 0 Å². The van der Waals surface area contributed by atoms with Crippen molar-refractivity contribution in [3.63, 3.8) is 0 Å². The second-order valence-corrected chi connectivity index (χ2v) is 8.09. The fourth-order valence-electron chi connectivity index (χ4n) is 3.67. The molecule has 0 spiro atoms. The van der Waals surface area contributed by atoms with Gasteiger partial charge in [-0.2, -0.15) is 0 Å². The Hall–Kier alpha value is -2.70. The van der Waals surface area contributed by atoms with Crippen molar-refractivity contribution in [3.8, 4) is 16.3 Å². The van der Waals surface area contributed by atoms with Crippen molar-refractivity contribution in [1.82, 2.24) is 9.88 Å². The van der Waals surface area contributed by atoms with Crippen LogP contribution in [0.2, 0.25) is 0 Å². The second-order valence-electron chi connectivity index (χ2n) is 7.06. The minimum Gasteiger partial charge on any atom is -0.489 e. The van der Waals surface area contributed by atoms with Crippen LogP contribution in [0.25, 0.3) is 31.8 Å². The number of likely N-dealkylation sites (tertiary alicyclic amines) is 1. The maximum Gasteiger partial charge on any atom is 0.346 e. The molecule has 1 fully saturated rings. The average Bonchev–Trinajstić information content (AvgIpc) is 3.33. The van der Waals surface area contributed by atoms with Gasteiger partial charge in [-0.1, -0.05) is 19.1 Å². The Balaban J connectivity index is 1.47. The van der Waals surface area contributed by atoms with E-state index in [1.165, 1.54) is 11.3 Å². The first-order valence-corrected chi connectivity index (χ1v) is 10.3. The molecule has 2 aromatic carbocycles. The van der Waals surface area contributed by atoms with E-state index in [-0.39, 0.29) is 11.7 Å². The lowest BCUT2D eigenvalue weighted by Gasteiger charge is -2.15. The summed E-state index contributed by atoms with van der Waals surface area (Å²) < 4.78 is 12.8. The zero-order valence-electron chi connectivity index (χ0n) is 15.6. The Kier molecular flexibility index (Phi) is 4.37. The minimum absolute atomic E-state index is 0.186. The summed E-state index contributed by atoms with van der Waals surface area (Å²) in [4.78, 5) is 19.6. The minimum atomic E-state index is -0.373. The molecule has 0 amide bonds. The van der Waals surface area contributed by atoms with E-state index in [4.69, 9.17) is 9.15 Å². The summed E-state index contributed by atoms with van der Waals surface area (Å²) in [6, 6.07) is 15.4. The van der Waals surface area contributed by atoms with Gasteiger partial charge in [0.1, 0.15) is 22.4 Å². The van der Waals surface area contributed by atoms with E-state index >= 15 is 0 Å². The van der Waals surface area contributed by atoms with Gasteiger partial charge < -0.3 is 9.15 Å². The Morgan fingerprint density at radius 2 is 2.14 bits per heavy atom. The van der Waals surface area contributed by atoms with E-state index in [0.29, 0.717) is 16.2 Å². The lowest BCUT2D eigenvalue weighted by molar-refractivity contribution is 0.202. The molecular formula is C22H20N2O3S. The smallest absolute Gasteiger partial charge is 0.346 e. The van der Waals surface area contributed by atoms with Crippen LogP contribution in [0.4, 0.5) is 0 Å². The van der Waals surface area contributed by atoms with Gasteiger partial charge in [0.25, 0.3) is 0 Å². The molecule has 1 saturated heterocycles. The summed E-state index contributed by atoms with van der Waals surface area (Å²) in [6.45, 7) is 5.21. The van der Waals surface area contributed by atoms with E-state index in [0.717, 1.165) is 47.4 Å². The average molecular weight is 392 g/mol. The lowest BCUT2D eigenvalue weighted by Crippen LogP contribution is -2.24. The van der Waals surface area contributed by atoms with Gasteiger partial charge in [0.15, 0.2) is 0 Å². The molecule has 0 aliphatic carbocycles. The number of aromatic nitrogens is 1. The van der Waals surface area contributed by atoms with Gasteiger partial charge in [0, 0.05) is 24.5 Å². The van der Waals surface area contributed by atoms with Crippen LogP contribution >= 0.6 is 11.3 Å². The third-order valence-corrected chi connectivity index (χ3v) is 6.28. The molecule has 1 atom stereocenters. The first-order chi connectivity index (χ1) is 13.7. The first kappa shape index (κ1) is 17.4. The van der Waals surface area contributed by atoms with Crippen LogP contribution in [0.3, 0.4) is 0 Å². The summed E-state index contributed by atoms with van der Waals surface area (Å²) >= 11 is 1.50. The number of likely N-dealkylation sites (N-methyl/N-ethyl adjacent to an activating group) is 1. The molecule has 5 nitrogen and oxygen atoms in total. The van der Waals surface area contributed by atoms with Gasteiger partial charge in [-0.3, -0.25) is 4.90 Å². The molecule has 142 valence electrons. The highest BCUT2D eigenvalue weighted by atomic mass is 32.1. The van der Waals surface area contributed by atoms with Crippen LogP contribution in [0.1, 0.15) is 13.3 Å². The first-order valence-electron chi connectivity index (χ1n) is 9.52. The quantitative estimate of drug-likeness (QED) is 0.477. The molecule has 1 aliphatic heterocycles. The van der Waals surface area contributed by atoms with Gasteiger partial charge in [-0.05, 0) is 43.3 Å². The van der Waals surface area contributed by atoms with Crippen molar-refractivity contribution >= 4 is 32.5 Å². The van der Waals surface area contributed by atoms with Gasteiger partial charge in [-0.25, -0.2) is 9.78 Å². The molecule has 3 heterocycles. The molecule has 28 heavy (non-hydrogen) atoms. The molecule has 0 saturated carbocycles. The van der Waals surface area contributed by atoms with E-state index in [1.54, 1.807) is 0 Å². The van der Waals surface area contributed by atoms with Crippen molar-refractivity contribution in [2.75, 3.05) is 19.6 Å². The van der Waals surface area contributed by atoms with Crippen LogP contribution in [0.5, 0.6) is 5.75 Å². The number of thiazole rings is 1. The molecule has 0 radical (unpaired) electrons. The van der Waals surface area contributed by atoms with E-state index in [1.807, 2.05) is 48.5 Å². The Labute approximate surface area is 166 Å². The zero-order chi connectivity index (χ0) is 19.1. The molecule has 1 unspecified atom stereocenters.